The van der Waals surface area contributed by atoms with Crippen LogP contribution < -0.4 is 5.32 Å². The van der Waals surface area contributed by atoms with Gasteiger partial charge < -0.3 is 10.4 Å². The van der Waals surface area contributed by atoms with Gasteiger partial charge in [0.2, 0.25) is 0 Å². The number of fused-ring (bicyclic) bond motifs is 1. The van der Waals surface area contributed by atoms with Crippen molar-refractivity contribution in [1.82, 2.24) is 14.8 Å². The van der Waals surface area contributed by atoms with E-state index in [-0.39, 0.29) is 17.3 Å². The third kappa shape index (κ3) is 3.51. The van der Waals surface area contributed by atoms with Crippen LogP contribution >= 0.6 is 0 Å². The third-order valence-electron chi connectivity index (χ3n) is 4.41. The van der Waals surface area contributed by atoms with Crippen LogP contribution in [0.4, 0.5) is 10.1 Å². The van der Waals surface area contributed by atoms with Crippen LogP contribution in [0.15, 0.2) is 30.5 Å². The zero-order valence-electron chi connectivity index (χ0n) is 15.2. The van der Waals surface area contributed by atoms with Crippen molar-refractivity contribution in [3.05, 3.63) is 53.1 Å². The number of benzene rings is 1. The molecule has 8 heteroatoms. The van der Waals surface area contributed by atoms with E-state index in [1.165, 1.54) is 0 Å². The van der Waals surface area contributed by atoms with E-state index in [1.54, 1.807) is 23.9 Å². The molecular weight excluding hydrogens is 351 g/mol. The molecule has 3 aromatic rings. The summed E-state index contributed by atoms with van der Waals surface area (Å²) >= 11 is 0. The number of aromatic carboxylic acids is 1. The van der Waals surface area contributed by atoms with Crippen LogP contribution in [0.25, 0.3) is 11.0 Å². The van der Waals surface area contributed by atoms with Crippen LogP contribution in [-0.4, -0.2) is 31.7 Å². The Bertz CT molecular complexity index is 1040. The number of carboxylic acids is 1. The van der Waals surface area contributed by atoms with Crippen molar-refractivity contribution in [2.45, 2.75) is 33.2 Å². The van der Waals surface area contributed by atoms with E-state index in [2.05, 4.69) is 15.4 Å². The molecule has 2 aromatic heterocycles. The largest absolute Gasteiger partial charge is 0.478 e. The molecule has 1 unspecified atom stereocenters. The second kappa shape index (κ2) is 7.14. The maximum atomic E-state index is 14.0. The molecular formula is C19H19FN4O3. The second-order valence-electron chi connectivity index (χ2n) is 6.35. The van der Waals surface area contributed by atoms with Crippen LogP contribution in [0.3, 0.4) is 0 Å². The SMILES string of the molecule is CCC(C)n1ncc2c(C(=O)Nc3cc(C(=O)O)ccc3F)cc(C)nc21. The molecule has 3 rings (SSSR count). The molecule has 0 aliphatic carbocycles. The lowest BCUT2D eigenvalue weighted by molar-refractivity contribution is 0.0696. The first kappa shape index (κ1) is 18.5. The molecule has 0 radical (unpaired) electrons. The van der Waals surface area contributed by atoms with Crippen molar-refractivity contribution in [2.75, 3.05) is 5.32 Å². The van der Waals surface area contributed by atoms with Gasteiger partial charge in [-0.25, -0.2) is 18.9 Å². The summed E-state index contributed by atoms with van der Waals surface area (Å²) in [5.74, 6) is -2.48. The summed E-state index contributed by atoms with van der Waals surface area (Å²) in [4.78, 5) is 28.3. The highest BCUT2D eigenvalue weighted by molar-refractivity contribution is 6.12. The number of carboxylic acid groups (broad SMARTS) is 1. The second-order valence-corrected chi connectivity index (χ2v) is 6.35. The van der Waals surface area contributed by atoms with Gasteiger partial charge in [0.1, 0.15) is 5.82 Å². The number of hydrogen-bond acceptors (Lipinski definition) is 4. The molecule has 0 bridgehead atoms. The number of carbonyl (C=O) groups is 2. The van der Waals surface area contributed by atoms with E-state index >= 15 is 0 Å². The van der Waals surface area contributed by atoms with Crippen molar-refractivity contribution in [2.24, 2.45) is 0 Å². The predicted molar refractivity (Wildman–Crippen MR) is 98.6 cm³/mol. The van der Waals surface area contributed by atoms with E-state index in [4.69, 9.17) is 5.11 Å². The number of amides is 1. The topological polar surface area (TPSA) is 97.1 Å². The predicted octanol–water partition coefficient (Wildman–Crippen LogP) is 3.80. The molecule has 0 spiro atoms. The maximum Gasteiger partial charge on any atom is 0.335 e. The molecule has 0 aliphatic heterocycles. The number of aryl methyl sites for hydroxylation is 1. The standard InChI is InChI=1S/C19H19FN4O3/c1-4-11(3)24-17-14(9-21-24)13(7-10(2)22-17)18(25)23-16-8-12(19(26)27)5-6-15(16)20/h5-9,11H,4H2,1-3H3,(H,23,25)(H,26,27). The van der Waals surface area contributed by atoms with Crippen molar-refractivity contribution in [1.29, 1.82) is 0 Å². The van der Waals surface area contributed by atoms with Gasteiger partial charge in [-0.05, 0) is 44.5 Å². The molecule has 0 fully saturated rings. The number of rotatable bonds is 5. The number of pyridine rings is 1. The van der Waals surface area contributed by atoms with Crippen LogP contribution in [-0.2, 0) is 0 Å². The molecule has 140 valence electrons. The van der Waals surface area contributed by atoms with Gasteiger partial charge in [-0.2, -0.15) is 5.10 Å². The van der Waals surface area contributed by atoms with Gasteiger partial charge >= 0.3 is 5.97 Å². The van der Waals surface area contributed by atoms with E-state index in [0.29, 0.717) is 22.3 Å². The van der Waals surface area contributed by atoms with E-state index < -0.39 is 17.7 Å². The fraction of sp³-hybridized carbons (Fsp3) is 0.263. The molecule has 0 aliphatic rings. The normalized spacial score (nSPS) is 12.1. The average Bonchev–Trinajstić information content (AvgIpc) is 3.05. The zero-order chi connectivity index (χ0) is 19.7. The molecule has 7 nitrogen and oxygen atoms in total. The average molecular weight is 370 g/mol. The summed E-state index contributed by atoms with van der Waals surface area (Å²) in [6.07, 6.45) is 2.41. The van der Waals surface area contributed by atoms with Gasteiger partial charge in [0.15, 0.2) is 5.65 Å². The van der Waals surface area contributed by atoms with Gasteiger partial charge in [-0.3, -0.25) is 4.79 Å². The smallest absolute Gasteiger partial charge is 0.335 e. The fourth-order valence-electron chi connectivity index (χ4n) is 2.77. The van der Waals surface area contributed by atoms with Gasteiger partial charge in [0.05, 0.1) is 34.4 Å². The van der Waals surface area contributed by atoms with E-state index in [0.717, 1.165) is 24.6 Å². The lowest BCUT2D eigenvalue weighted by Gasteiger charge is -2.12. The highest BCUT2D eigenvalue weighted by atomic mass is 19.1. The number of carbonyl (C=O) groups excluding carboxylic acids is 1. The molecule has 1 atom stereocenters. The van der Waals surface area contributed by atoms with Crippen molar-refractivity contribution < 1.29 is 19.1 Å². The summed E-state index contributed by atoms with van der Waals surface area (Å²) < 4.78 is 15.8. The van der Waals surface area contributed by atoms with Crippen LogP contribution in [0.2, 0.25) is 0 Å². The first-order chi connectivity index (χ1) is 12.8. The van der Waals surface area contributed by atoms with Gasteiger partial charge in [0, 0.05) is 5.69 Å². The van der Waals surface area contributed by atoms with Crippen molar-refractivity contribution in [3.8, 4) is 0 Å². The minimum atomic E-state index is -1.21. The van der Waals surface area contributed by atoms with Crippen LogP contribution in [0, 0.1) is 12.7 Å². The lowest BCUT2D eigenvalue weighted by Crippen LogP contribution is -2.15. The Morgan fingerprint density at radius 2 is 2.07 bits per heavy atom. The van der Waals surface area contributed by atoms with Gasteiger partial charge in [0.25, 0.3) is 5.91 Å². The molecule has 0 saturated carbocycles. The quantitative estimate of drug-likeness (QED) is 0.712. The minimum absolute atomic E-state index is 0.109. The Morgan fingerprint density at radius 1 is 1.33 bits per heavy atom. The van der Waals surface area contributed by atoms with Crippen LogP contribution in [0.1, 0.15) is 52.7 Å². The summed E-state index contributed by atoms with van der Waals surface area (Å²) in [5, 5.41) is 16.4. The molecule has 27 heavy (non-hydrogen) atoms. The number of anilines is 1. The monoisotopic (exact) mass is 370 g/mol. The molecule has 2 N–H and O–H groups in total. The van der Waals surface area contributed by atoms with E-state index in [1.807, 2.05) is 13.8 Å². The van der Waals surface area contributed by atoms with E-state index in [9.17, 15) is 14.0 Å². The van der Waals surface area contributed by atoms with Gasteiger partial charge in [-0.1, -0.05) is 6.92 Å². The lowest BCUT2D eigenvalue weighted by atomic mass is 10.1. The highest BCUT2D eigenvalue weighted by Gasteiger charge is 2.19. The van der Waals surface area contributed by atoms with Crippen molar-refractivity contribution >= 4 is 28.6 Å². The van der Waals surface area contributed by atoms with Gasteiger partial charge in [-0.15, -0.1) is 0 Å². The summed E-state index contributed by atoms with van der Waals surface area (Å²) in [6.45, 7) is 5.79. The Balaban J connectivity index is 2.03. The Kier molecular flexibility index (Phi) is 4.89. The first-order valence-electron chi connectivity index (χ1n) is 8.50. The molecule has 1 amide bonds. The minimum Gasteiger partial charge on any atom is -0.478 e. The van der Waals surface area contributed by atoms with Crippen LogP contribution in [0.5, 0.6) is 0 Å². The Labute approximate surface area is 154 Å². The fourth-order valence-corrected chi connectivity index (χ4v) is 2.77. The summed E-state index contributed by atoms with van der Waals surface area (Å²) in [7, 11) is 0. The number of nitrogens with zero attached hydrogens (tertiary/aromatic N) is 3. The molecule has 1 aromatic carbocycles. The molecule has 2 heterocycles. The number of nitrogens with one attached hydrogen (secondary N) is 1. The third-order valence-corrected chi connectivity index (χ3v) is 4.41. The zero-order valence-corrected chi connectivity index (χ0v) is 15.2. The highest BCUT2D eigenvalue weighted by Crippen LogP contribution is 2.24. The Morgan fingerprint density at radius 3 is 2.74 bits per heavy atom. The Hall–Kier alpha value is -3.29. The number of hydrogen-bond donors (Lipinski definition) is 2. The maximum absolute atomic E-state index is 14.0. The number of aromatic nitrogens is 3. The number of halogens is 1. The van der Waals surface area contributed by atoms with Crippen molar-refractivity contribution in [3.63, 3.8) is 0 Å². The summed E-state index contributed by atoms with van der Waals surface area (Å²) in [6, 6.07) is 4.94. The molecule has 0 saturated heterocycles. The summed E-state index contributed by atoms with van der Waals surface area (Å²) in [5.41, 5.74) is 1.18. The first-order valence-corrected chi connectivity index (χ1v) is 8.50.